The fourth-order valence-corrected chi connectivity index (χ4v) is 2.19. The maximum atomic E-state index is 12.6. The number of halogens is 3. The number of amides is 1. The van der Waals surface area contributed by atoms with Crippen LogP contribution < -0.4 is 5.73 Å². The Balaban J connectivity index is 2.83. The standard InChI is InChI=1S/C12H21F3N2O2/c1-11(2,3)19-10(18)17(7-12(13,14)15)9-6-4-5-8(9)16/h8-9H,4-7,16H2,1-3H3/t8-,9-/m0/s1. The van der Waals surface area contributed by atoms with Crippen molar-refractivity contribution in [3.8, 4) is 0 Å². The molecule has 0 aliphatic heterocycles. The minimum Gasteiger partial charge on any atom is -0.444 e. The number of nitrogens with zero attached hydrogens (tertiary/aromatic N) is 1. The van der Waals surface area contributed by atoms with E-state index < -0.39 is 36.5 Å². The summed E-state index contributed by atoms with van der Waals surface area (Å²) in [4.78, 5) is 12.6. The van der Waals surface area contributed by atoms with Gasteiger partial charge in [0.1, 0.15) is 12.1 Å². The van der Waals surface area contributed by atoms with E-state index in [-0.39, 0.29) is 0 Å². The summed E-state index contributed by atoms with van der Waals surface area (Å²) in [5, 5.41) is 0. The molecule has 0 bridgehead atoms. The molecule has 7 heteroatoms. The third kappa shape index (κ3) is 5.26. The molecule has 2 atom stereocenters. The zero-order valence-electron chi connectivity index (χ0n) is 11.5. The summed E-state index contributed by atoms with van der Waals surface area (Å²) in [6.45, 7) is 3.53. The average Bonchev–Trinajstić information content (AvgIpc) is 2.56. The van der Waals surface area contributed by atoms with E-state index >= 15 is 0 Å². The van der Waals surface area contributed by atoms with Gasteiger partial charge in [-0.3, -0.25) is 4.90 Å². The lowest BCUT2D eigenvalue weighted by Crippen LogP contribution is -2.52. The monoisotopic (exact) mass is 282 g/mol. The molecule has 2 N–H and O–H groups in total. The molecule has 0 aromatic rings. The first-order valence-corrected chi connectivity index (χ1v) is 6.31. The Hall–Kier alpha value is -0.980. The average molecular weight is 282 g/mol. The molecule has 0 unspecified atom stereocenters. The number of rotatable bonds is 2. The molecule has 4 nitrogen and oxygen atoms in total. The summed E-state index contributed by atoms with van der Waals surface area (Å²) in [6.07, 6.45) is -3.58. The van der Waals surface area contributed by atoms with E-state index in [1.165, 1.54) is 0 Å². The summed E-state index contributed by atoms with van der Waals surface area (Å²) in [6, 6.07) is -1.02. The normalized spacial score (nSPS) is 24.4. The second kappa shape index (κ2) is 5.56. The predicted molar refractivity (Wildman–Crippen MR) is 64.6 cm³/mol. The molecule has 1 aliphatic rings. The molecule has 0 saturated heterocycles. The van der Waals surface area contributed by atoms with Gasteiger partial charge in [-0.05, 0) is 40.0 Å². The first kappa shape index (κ1) is 16.1. The van der Waals surface area contributed by atoms with E-state index in [9.17, 15) is 18.0 Å². The number of hydrogen-bond donors (Lipinski definition) is 1. The van der Waals surface area contributed by atoms with Gasteiger partial charge in [-0.2, -0.15) is 13.2 Å². The lowest BCUT2D eigenvalue weighted by atomic mass is 10.1. The fourth-order valence-electron chi connectivity index (χ4n) is 2.19. The molecule has 0 radical (unpaired) electrons. The lowest BCUT2D eigenvalue weighted by Gasteiger charge is -2.34. The van der Waals surface area contributed by atoms with Crippen LogP contribution in [0, 0.1) is 0 Å². The summed E-state index contributed by atoms with van der Waals surface area (Å²) >= 11 is 0. The van der Waals surface area contributed by atoms with E-state index in [1.54, 1.807) is 20.8 Å². The van der Waals surface area contributed by atoms with Crippen LogP contribution in [0.2, 0.25) is 0 Å². The highest BCUT2D eigenvalue weighted by atomic mass is 19.4. The van der Waals surface area contributed by atoms with Gasteiger partial charge in [0.05, 0.1) is 6.04 Å². The molecular weight excluding hydrogens is 261 g/mol. The molecule has 0 spiro atoms. The summed E-state index contributed by atoms with van der Waals surface area (Å²) in [5.74, 6) is 0. The quantitative estimate of drug-likeness (QED) is 0.847. The van der Waals surface area contributed by atoms with Crippen molar-refractivity contribution in [3.05, 3.63) is 0 Å². The highest BCUT2D eigenvalue weighted by molar-refractivity contribution is 5.68. The van der Waals surface area contributed by atoms with Crippen LogP contribution >= 0.6 is 0 Å². The topological polar surface area (TPSA) is 55.6 Å². The minimum absolute atomic E-state index is 0.421. The Kier molecular flexibility index (Phi) is 4.71. The Morgan fingerprint density at radius 2 is 1.89 bits per heavy atom. The van der Waals surface area contributed by atoms with Crippen LogP contribution in [0.3, 0.4) is 0 Å². The minimum atomic E-state index is -4.46. The van der Waals surface area contributed by atoms with E-state index in [2.05, 4.69) is 0 Å². The van der Waals surface area contributed by atoms with Crippen molar-refractivity contribution in [2.45, 2.75) is 63.9 Å². The first-order chi connectivity index (χ1) is 8.49. The van der Waals surface area contributed by atoms with Crippen LogP contribution in [0.25, 0.3) is 0 Å². The molecule has 0 aromatic carbocycles. The van der Waals surface area contributed by atoms with Gasteiger partial charge in [0.2, 0.25) is 0 Å². The predicted octanol–water partition coefficient (Wildman–Crippen LogP) is 2.67. The van der Waals surface area contributed by atoms with E-state index in [0.717, 1.165) is 11.3 Å². The van der Waals surface area contributed by atoms with Crippen LogP contribution in [0.15, 0.2) is 0 Å². The van der Waals surface area contributed by atoms with Crippen molar-refractivity contribution in [1.82, 2.24) is 4.90 Å². The Labute approximate surface area is 111 Å². The van der Waals surface area contributed by atoms with Gasteiger partial charge in [-0.25, -0.2) is 4.79 Å². The van der Waals surface area contributed by atoms with E-state index in [4.69, 9.17) is 10.5 Å². The molecule has 1 amide bonds. The lowest BCUT2D eigenvalue weighted by molar-refractivity contribution is -0.149. The van der Waals surface area contributed by atoms with Crippen LogP contribution in [-0.2, 0) is 4.74 Å². The Morgan fingerprint density at radius 1 is 1.32 bits per heavy atom. The molecule has 1 saturated carbocycles. The second-order valence-corrected chi connectivity index (χ2v) is 5.89. The zero-order chi connectivity index (χ0) is 14.8. The van der Waals surface area contributed by atoms with Crippen molar-refractivity contribution in [3.63, 3.8) is 0 Å². The summed E-state index contributed by atoms with van der Waals surface area (Å²) < 4.78 is 42.8. The fraction of sp³-hybridized carbons (Fsp3) is 0.917. The SMILES string of the molecule is CC(C)(C)OC(=O)N(CC(F)(F)F)[C@H]1CCC[C@@H]1N. The number of carbonyl (C=O) groups excluding carboxylic acids is 1. The third-order valence-electron chi connectivity index (χ3n) is 2.91. The second-order valence-electron chi connectivity index (χ2n) is 5.89. The van der Waals surface area contributed by atoms with Crippen LogP contribution in [0.1, 0.15) is 40.0 Å². The molecule has 0 aromatic heterocycles. The van der Waals surface area contributed by atoms with Crippen molar-refractivity contribution in [1.29, 1.82) is 0 Å². The van der Waals surface area contributed by atoms with Crippen molar-refractivity contribution < 1.29 is 22.7 Å². The highest BCUT2D eigenvalue weighted by Gasteiger charge is 2.41. The van der Waals surface area contributed by atoms with Crippen LogP contribution in [0.5, 0.6) is 0 Å². The van der Waals surface area contributed by atoms with Crippen molar-refractivity contribution in [2.75, 3.05) is 6.54 Å². The molecular formula is C12H21F3N2O2. The van der Waals surface area contributed by atoms with Gasteiger partial charge < -0.3 is 10.5 Å². The van der Waals surface area contributed by atoms with Crippen molar-refractivity contribution in [2.24, 2.45) is 5.73 Å². The number of alkyl halides is 3. The zero-order valence-corrected chi connectivity index (χ0v) is 11.5. The van der Waals surface area contributed by atoms with Gasteiger partial charge in [0.25, 0.3) is 0 Å². The molecule has 19 heavy (non-hydrogen) atoms. The molecule has 0 heterocycles. The van der Waals surface area contributed by atoms with Gasteiger partial charge >= 0.3 is 12.3 Å². The van der Waals surface area contributed by atoms with Gasteiger partial charge in [-0.15, -0.1) is 0 Å². The summed E-state index contributed by atoms with van der Waals surface area (Å²) in [5.41, 5.74) is 4.95. The first-order valence-electron chi connectivity index (χ1n) is 6.31. The summed E-state index contributed by atoms with van der Waals surface area (Å²) in [7, 11) is 0. The molecule has 112 valence electrons. The highest BCUT2D eigenvalue weighted by Crippen LogP contribution is 2.28. The molecule has 1 fully saturated rings. The van der Waals surface area contributed by atoms with E-state index in [0.29, 0.717) is 12.8 Å². The maximum absolute atomic E-state index is 12.6. The van der Waals surface area contributed by atoms with Gasteiger partial charge in [-0.1, -0.05) is 0 Å². The van der Waals surface area contributed by atoms with Gasteiger partial charge in [0, 0.05) is 6.04 Å². The molecule has 1 aliphatic carbocycles. The van der Waals surface area contributed by atoms with E-state index in [1.807, 2.05) is 0 Å². The Morgan fingerprint density at radius 3 is 2.26 bits per heavy atom. The van der Waals surface area contributed by atoms with Crippen LogP contribution in [0.4, 0.5) is 18.0 Å². The smallest absolute Gasteiger partial charge is 0.410 e. The number of ether oxygens (including phenoxy) is 1. The maximum Gasteiger partial charge on any atom is 0.410 e. The third-order valence-corrected chi connectivity index (χ3v) is 2.91. The number of carbonyl (C=O) groups is 1. The number of hydrogen-bond acceptors (Lipinski definition) is 3. The van der Waals surface area contributed by atoms with Gasteiger partial charge in [0.15, 0.2) is 0 Å². The molecule has 1 rings (SSSR count). The van der Waals surface area contributed by atoms with Crippen LogP contribution in [-0.4, -0.2) is 41.4 Å². The Bertz CT molecular complexity index is 326. The number of nitrogens with two attached hydrogens (primary N) is 1. The largest absolute Gasteiger partial charge is 0.444 e. The van der Waals surface area contributed by atoms with Crippen molar-refractivity contribution >= 4 is 6.09 Å².